The van der Waals surface area contributed by atoms with Crippen LogP contribution in [-0.4, -0.2) is 50.2 Å². The van der Waals surface area contributed by atoms with E-state index in [-0.39, 0.29) is 12.1 Å². The van der Waals surface area contributed by atoms with E-state index < -0.39 is 0 Å². The number of aliphatic hydroxyl groups excluding tert-OH is 1. The van der Waals surface area contributed by atoms with Gasteiger partial charge in [0, 0.05) is 38.1 Å². The predicted octanol–water partition coefficient (Wildman–Crippen LogP) is 3.99. The zero-order chi connectivity index (χ0) is 23.3. The standard InChI is InChI=1S/C26H28N6OS/c1-18-10-11-27-25(12-18)31-24-9-5-8-20(30-24)23-14-29-26(34-23)17-32-15-21(22(33)16-32)28-13-19-6-3-2-4-7-19/h2-12,14,21-22,28,33H,13,15-17H2,1H3,(H,27,30,31)/t21?,22-/m0/s1. The smallest absolute Gasteiger partial charge is 0.132 e. The van der Waals surface area contributed by atoms with Crippen LogP contribution < -0.4 is 10.6 Å². The lowest BCUT2D eigenvalue weighted by Gasteiger charge is -2.16. The van der Waals surface area contributed by atoms with Crippen LogP contribution in [0.5, 0.6) is 0 Å². The van der Waals surface area contributed by atoms with Crippen LogP contribution in [0.2, 0.25) is 0 Å². The average Bonchev–Trinajstić information content (AvgIpc) is 3.45. The average molecular weight is 473 g/mol. The van der Waals surface area contributed by atoms with Crippen molar-refractivity contribution in [3.8, 4) is 10.6 Å². The molecule has 0 spiro atoms. The number of nitrogens with one attached hydrogen (secondary N) is 2. The second kappa shape index (κ2) is 10.4. The van der Waals surface area contributed by atoms with Crippen LogP contribution in [0.3, 0.4) is 0 Å². The lowest BCUT2D eigenvalue weighted by Crippen LogP contribution is -2.38. The Morgan fingerprint density at radius 1 is 1.03 bits per heavy atom. The number of β-amino-alcohol motifs (C(OH)–C–C–N with tert-alkyl or cyclic N) is 1. The molecular formula is C26H28N6OS. The topological polar surface area (TPSA) is 86.2 Å². The van der Waals surface area contributed by atoms with Crippen molar-refractivity contribution in [1.82, 2.24) is 25.2 Å². The molecule has 1 aliphatic rings. The van der Waals surface area contributed by atoms with Crippen molar-refractivity contribution in [2.45, 2.75) is 32.2 Å². The van der Waals surface area contributed by atoms with E-state index in [0.717, 1.165) is 52.4 Å². The summed E-state index contributed by atoms with van der Waals surface area (Å²) in [6.07, 6.45) is 3.28. The lowest BCUT2D eigenvalue weighted by molar-refractivity contribution is 0.152. The largest absolute Gasteiger partial charge is 0.390 e. The van der Waals surface area contributed by atoms with E-state index >= 15 is 0 Å². The summed E-state index contributed by atoms with van der Waals surface area (Å²) in [5.41, 5.74) is 3.25. The maximum atomic E-state index is 10.5. The maximum absolute atomic E-state index is 10.5. The Labute approximate surface area is 203 Å². The van der Waals surface area contributed by atoms with Gasteiger partial charge in [0.05, 0.1) is 23.2 Å². The molecular weight excluding hydrogens is 444 g/mol. The second-order valence-electron chi connectivity index (χ2n) is 8.60. The Bertz CT molecular complexity index is 1230. The summed E-state index contributed by atoms with van der Waals surface area (Å²) < 4.78 is 0. The van der Waals surface area contributed by atoms with Crippen LogP contribution in [0.15, 0.2) is 73.1 Å². The zero-order valence-corrected chi connectivity index (χ0v) is 19.9. The molecule has 7 nitrogen and oxygen atoms in total. The lowest BCUT2D eigenvalue weighted by atomic mass is 10.2. The SMILES string of the molecule is Cc1ccnc(Nc2cccc(-c3cnc(CN4CC(NCc5ccccc5)[C@@H](O)C4)s3)n2)c1. The minimum absolute atomic E-state index is 0.0549. The molecule has 2 atom stereocenters. The van der Waals surface area contributed by atoms with Crippen molar-refractivity contribution < 1.29 is 5.11 Å². The summed E-state index contributed by atoms with van der Waals surface area (Å²) in [5, 5.41) is 18.3. The number of aromatic nitrogens is 3. The molecule has 4 aromatic rings. The van der Waals surface area contributed by atoms with Crippen molar-refractivity contribution >= 4 is 23.0 Å². The molecule has 1 aromatic carbocycles. The van der Waals surface area contributed by atoms with Gasteiger partial charge in [-0.3, -0.25) is 4.90 Å². The third-order valence-electron chi connectivity index (χ3n) is 5.86. The summed E-state index contributed by atoms with van der Waals surface area (Å²) in [6, 6.07) is 20.2. The highest BCUT2D eigenvalue weighted by Gasteiger charge is 2.31. The first kappa shape index (κ1) is 22.6. The molecule has 0 aliphatic carbocycles. The monoisotopic (exact) mass is 472 g/mol. The minimum atomic E-state index is -0.386. The number of hydrogen-bond donors (Lipinski definition) is 3. The summed E-state index contributed by atoms with van der Waals surface area (Å²) in [5.74, 6) is 1.53. The van der Waals surface area contributed by atoms with Gasteiger partial charge in [0.1, 0.15) is 16.6 Å². The van der Waals surface area contributed by atoms with Gasteiger partial charge in [-0.15, -0.1) is 11.3 Å². The first-order valence-corrected chi connectivity index (χ1v) is 12.2. The number of aryl methyl sites for hydroxylation is 1. The number of benzene rings is 1. The Morgan fingerprint density at radius 3 is 2.76 bits per heavy atom. The van der Waals surface area contributed by atoms with Crippen LogP contribution in [0.1, 0.15) is 16.1 Å². The van der Waals surface area contributed by atoms with Crippen molar-refractivity contribution in [3.05, 3.63) is 89.2 Å². The Balaban J connectivity index is 1.19. The number of likely N-dealkylation sites (tertiary alicyclic amines) is 1. The Hall–Kier alpha value is -3.17. The Kier molecular flexibility index (Phi) is 6.92. The van der Waals surface area contributed by atoms with E-state index in [1.807, 2.05) is 61.7 Å². The molecule has 0 saturated carbocycles. The van der Waals surface area contributed by atoms with Crippen molar-refractivity contribution in [2.75, 3.05) is 18.4 Å². The Morgan fingerprint density at radius 2 is 1.91 bits per heavy atom. The molecule has 1 saturated heterocycles. The summed E-state index contributed by atoms with van der Waals surface area (Å²) in [6.45, 7) is 4.95. The van der Waals surface area contributed by atoms with Crippen LogP contribution >= 0.6 is 11.3 Å². The second-order valence-corrected chi connectivity index (χ2v) is 9.72. The molecule has 8 heteroatoms. The molecule has 5 rings (SSSR count). The van der Waals surface area contributed by atoms with Gasteiger partial charge in [-0.05, 0) is 42.3 Å². The van der Waals surface area contributed by atoms with Crippen LogP contribution in [0.4, 0.5) is 11.6 Å². The third kappa shape index (κ3) is 5.66. The minimum Gasteiger partial charge on any atom is -0.390 e. The summed E-state index contributed by atoms with van der Waals surface area (Å²) in [4.78, 5) is 17.0. The molecule has 3 N–H and O–H groups in total. The number of pyridine rings is 2. The highest BCUT2D eigenvalue weighted by atomic mass is 32.1. The molecule has 174 valence electrons. The fourth-order valence-corrected chi connectivity index (χ4v) is 5.04. The summed E-state index contributed by atoms with van der Waals surface area (Å²) >= 11 is 1.64. The number of nitrogens with zero attached hydrogens (tertiary/aromatic N) is 4. The number of rotatable bonds is 8. The maximum Gasteiger partial charge on any atom is 0.132 e. The molecule has 0 radical (unpaired) electrons. The molecule has 3 aromatic heterocycles. The van der Waals surface area contributed by atoms with Gasteiger partial charge in [0.15, 0.2) is 0 Å². The quantitative estimate of drug-likeness (QED) is 0.358. The molecule has 0 amide bonds. The number of thiazole rings is 1. The van der Waals surface area contributed by atoms with E-state index in [0.29, 0.717) is 6.54 Å². The zero-order valence-electron chi connectivity index (χ0n) is 19.1. The van der Waals surface area contributed by atoms with E-state index in [1.54, 1.807) is 17.5 Å². The van der Waals surface area contributed by atoms with Gasteiger partial charge in [0.25, 0.3) is 0 Å². The van der Waals surface area contributed by atoms with Gasteiger partial charge in [0.2, 0.25) is 0 Å². The predicted molar refractivity (Wildman–Crippen MR) is 136 cm³/mol. The van der Waals surface area contributed by atoms with E-state index in [2.05, 4.69) is 37.6 Å². The molecule has 1 fully saturated rings. The number of anilines is 2. The molecule has 1 unspecified atom stereocenters. The highest BCUT2D eigenvalue weighted by molar-refractivity contribution is 7.15. The van der Waals surface area contributed by atoms with Crippen LogP contribution in [-0.2, 0) is 13.1 Å². The van der Waals surface area contributed by atoms with E-state index in [9.17, 15) is 5.11 Å². The van der Waals surface area contributed by atoms with Crippen molar-refractivity contribution in [3.63, 3.8) is 0 Å². The van der Waals surface area contributed by atoms with Gasteiger partial charge >= 0.3 is 0 Å². The number of hydrogen-bond acceptors (Lipinski definition) is 8. The molecule has 1 aliphatic heterocycles. The van der Waals surface area contributed by atoms with Gasteiger partial charge in [-0.1, -0.05) is 36.4 Å². The molecule has 0 bridgehead atoms. The number of aliphatic hydroxyl groups is 1. The molecule has 4 heterocycles. The molecule has 34 heavy (non-hydrogen) atoms. The van der Waals surface area contributed by atoms with Gasteiger partial charge in [-0.2, -0.15) is 0 Å². The fraction of sp³-hybridized carbons (Fsp3) is 0.269. The van der Waals surface area contributed by atoms with Gasteiger partial charge in [-0.25, -0.2) is 15.0 Å². The fourth-order valence-electron chi connectivity index (χ4n) is 4.11. The first-order valence-electron chi connectivity index (χ1n) is 11.4. The van der Waals surface area contributed by atoms with Gasteiger partial charge < -0.3 is 15.7 Å². The van der Waals surface area contributed by atoms with E-state index in [4.69, 9.17) is 4.98 Å². The third-order valence-corrected chi connectivity index (χ3v) is 6.87. The van der Waals surface area contributed by atoms with Crippen LogP contribution in [0.25, 0.3) is 10.6 Å². The van der Waals surface area contributed by atoms with Crippen molar-refractivity contribution in [1.29, 1.82) is 0 Å². The first-order chi connectivity index (χ1) is 16.6. The van der Waals surface area contributed by atoms with E-state index in [1.165, 1.54) is 5.56 Å². The van der Waals surface area contributed by atoms with Crippen LogP contribution in [0, 0.1) is 6.92 Å². The normalized spacial score (nSPS) is 18.3. The summed E-state index contributed by atoms with van der Waals surface area (Å²) in [7, 11) is 0. The van der Waals surface area contributed by atoms with Crippen molar-refractivity contribution in [2.24, 2.45) is 0 Å². The highest BCUT2D eigenvalue weighted by Crippen LogP contribution is 2.27.